The molecule has 48 valence electrons. The van der Waals surface area contributed by atoms with E-state index in [1.165, 1.54) is 0 Å². The first-order chi connectivity index (χ1) is 4.43. The molecule has 1 rings (SSSR count). The highest BCUT2D eigenvalue weighted by Crippen LogP contribution is 2.11. The minimum absolute atomic E-state index is 0.677. The zero-order valence-corrected chi connectivity index (χ0v) is 5.02. The van der Waals surface area contributed by atoms with E-state index in [-0.39, 0.29) is 0 Å². The molecule has 1 aliphatic rings. The van der Waals surface area contributed by atoms with Crippen LogP contribution in [0.25, 0.3) is 0 Å². The van der Waals surface area contributed by atoms with Crippen LogP contribution in [0.15, 0.2) is 0 Å². The van der Waals surface area contributed by atoms with Crippen LogP contribution in [0.2, 0.25) is 1.41 Å². The zero-order valence-electron chi connectivity index (χ0n) is 6.02. The van der Waals surface area contributed by atoms with Crippen LogP contribution in [0.5, 0.6) is 0 Å². The molecule has 2 nitrogen and oxygen atoms in total. The summed E-state index contributed by atoms with van der Waals surface area (Å²) in [7, 11) is 0. The highest BCUT2D eigenvalue weighted by atomic mass is 16.5. The fourth-order valence-corrected chi connectivity index (χ4v) is 0.951. The number of ether oxygens (including phenoxy) is 1. The molecule has 0 saturated carbocycles. The molecule has 0 spiro atoms. The topological polar surface area (TPSA) is 35.2 Å². The van der Waals surface area contributed by atoms with Gasteiger partial charge in [0, 0.05) is 13.2 Å². The van der Waals surface area contributed by atoms with Crippen molar-refractivity contribution in [3.8, 4) is 0 Å². The molecule has 0 unspecified atom stereocenters. The van der Waals surface area contributed by atoms with Gasteiger partial charge in [-0.1, -0.05) is 0 Å². The predicted molar refractivity (Wildman–Crippen MR) is 32.6 cm³/mol. The lowest BCUT2D eigenvalue weighted by Gasteiger charge is -2.19. The van der Waals surface area contributed by atoms with E-state index in [4.69, 9.17) is 6.15 Å². The van der Waals surface area contributed by atoms with Crippen LogP contribution in [-0.4, -0.2) is 19.8 Å². The molecule has 8 heavy (non-hydrogen) atoms. The van der Waals surface area contributed by atoms with E-state index in [2.05, 4.69) is 5.73 Å². The van der Waals surface area contributed by atoms with Crippen molar-refractivity contribution in [3.05, 3.63) is 0 Å². The third-order valence-electron chi connectivity index (χ3n) is 1.63. The zero-order chi connectivity index (χ0) is 6.53. The summed E-state index contributed by atoms with van der Waals surface area (Å²) in [5.41, 5.74) is 2.43. The quantitative estimate of drug-likeness (QED) is 0.565. The Kier molecular flexibility index (Phi) is 1.82. The summed E-state index contributed by atoms with van der Waals surface area (Å²) in [5, 5.41) is 0. The van der Waals surface area contributed by atoms with Crippen LogP contribution in [0.1, 0.15) is 12.8 Å². The van der Waals surface area contributed by atoms with Gasteiger partial charge in [0.2, 0.25) is 0 Å². The molecule has 0 bridgehead atoms. The summed E-state index contributed by atoms with van der Waals surface area (Å²) >= 11 is 0. The minimum Gasteiger partial charge on any atom is -0.381 e. The largest absolute Gasteiger partial charge is 0.381 e. The molecule has 1 heterocycles. The Morgan fingerprint density at radius 3 is 3.00 bits per heavy atom. The van der Waals surface area contributed by atoms with E-state index in [1.54, 1.807) is 0 Å². The first kappa shape index (κ1) is 4.77. The average molecular weight is 116 g/mol. The van der Waals surface area contributed by atoms with Gasteiger partial charge in [-0.05, 0) is 25.3 Å². The summed E-state index contributed by atoms with van der Waals surface area (Å²) in [4.78, 5) is 0. The van der Waals surface area contributed by atoms with Gasteiger partial charge in [0.15, 0.2) is 0 Å². The highest BCUT2D eigenvalue weighted by molar-refractivity contribution is 4.62. The van der Waals surface area contributed by atoms with Gasteiger partial charge in [-0.25, -0.2) is 0 Å². The van der Waals surface area contributed by atoms with Gasteiger partial charge in [-0.15, -0.1) is 0 Å². The maximum Gasteiger partial charge on any atom is 0.118 e. The molecule has 1 fully saturated rings. The number of hydrogen-bond donors (Lipinski definition) is 1. The molecule has 0 aromatic heterocycles. The van der Waals surface area contributed by atoms with Gasteiger partial charge >= 0.3 is 0 Å². The SMILES string of the molecule is [2H]NCC1CCOCC1. The lowest BCUT2D eigenvalue weighted by Crippen LogP contribution is -2.22. The van der Waals surface area contributed by atoms with Crippen molar-refractivity contribution in [1.29, 1.82) is 0 Å². The summed E-state index contributed by atoms with van der Waals surface area (Å²) in [6, 6.07) is 0. The summed E-state index contributed by atoms with van der Waals surface area (Å²) in [5.74, 6) is 0.677. The highest BCUT2D eigenvalue weighted by Gasteiger charge is 2.10. The van der Waals surface area contributed by atoms with Crippen LogP contribution in [-0.2, 0) is 4.74 Å². The Morgan fingerprint density at radius 1 is 1.62 bits per heavy atom. The fourth-order valence-electron chi connectivity index (χ4n) is 0.951. The van der Waals surface area contributed by atoms with Crippen LogP contribution in [0, 0.1) is 5.92 Å². The van der Waals surface area contributed by atoms with Gasteiger partial charge in [0.05, 0.1) is 0 Å². The van der Waals surface area contributed by atoms with Crippen molar-refractivity contribution in [2.75, 3.05) is 19.8 Å². The maximum absolute atomic E-state index is 6.75. The molecule has 0 radical (unpaired) electrons. The lowest BCUT2D eigenvalue weighted by atomic mass is 10.0. The standard InChI is InChI=1S/C6H13NO/c7-5-6-1-3-8-4-2-6/h6H,1-5,7H2/i/hD. The van der Waals surface area contributed by atoms with Crippen molar-refractivity contribution < 1.29 is 6.15 Å². The second-order valence-corrected chi connectivity index (χ2v) is 2.26. The van der Waals surface area contributed by atoms with Crippen LogP contribution < -0.4 is 5.73 Å². The second kappa shape index (κ2) is 3.05. The maximum atomic E-state index is 6.75. The van der Waals surface area contributed by atoms with Crippen LogP contribution >= 0.6 is 0 Å². The molecule has 2 heteroatoms. The van der Waals surface area contributed by atoms with Crippen molar-refractivity contribution in [2.45, 2.75) is 12.8 Å². The molecule has 0 aromatic rings. The number of nitrogens with two attached hydrogens (primary N) is 1. The molecule has 1 aliphatic heterocycles. The van der Waals surface area contributed by atoms with Gasteiger partial charge in [-0.3, -0.25) is 0 Å². The first-order valence-corrected chi connectivity index (χ1v) is 3.16. The minimum atomic E-state index is 0.677. The third-order valence-corrected chi connectivity index (χ3v) is 1.63. The lowest BCUT2D eigenvalue weighted by molar-refractivity contribution is 0.0688. The Hall–Kier alpha value is -0.0800. The smallest absolute Gasteiger partial charge is 0.118 e. The first-order valence-electron chi connectivity index (χ1n) is 3.66. The van der Waals surface area contributed by atoms with Crippen molar-refractivity contribution in [3.63, 3.8) is 0 Å². The molecule has 0 aliphatic carbocycles. The Balaban J connectivity index is 2.08. The van der Waals surface area contributed by atoms with Crippen molar-refractivity contribution in [1.82, 2.24) is 0 Å². The molecular weight excluding hydrogens is 102 g/mol. The van der Waals surface area contributed by atoms with Crippen LogP contribution in [0.3, 0.4) is 0 Å². The van der Waals surface area contributed by atoms with E-state index < -0.39 is 0 Å². The fraction of sp³-hybridized carbons (Fsp3) is 1.00. The van der Waals surface area contributed by atoms with E-state index in [9.17, 15) is 0 Å². The number of hydrogen-bond acceptors (Lipinski definition) is 2. The van der Waals surface area contributed by atoms with Crippen molar-refractivity contribution in [2.24, 2.45) is 11.6 Å². The molecule has 2 N–H and O–H groups in total. The number of rotatable bonds is 2. The third kappa shape index (κ3) is 1.46. The van der Waals surface area contributed by atoms with Gasteiger partial charge < -0.3 is 10.5 Å². The Labute approximate surface area is 51.5 Å². The van der Waals surface area contributed by atoms with Gasteiger partial charge in [-0.2, -0.15) is 0 Å². The summed E-state index contributed by atoms with van der Waals surface area (Å²) in [6.07, 6.45) is 2.23. The molecule has 0 aromatic carbocycles. The second-order valence-electron chi connectivity index (χ2n) is 2.26. The monoisotopic (exact) mass is 116 g/mol. The van der Waals surface area contributed by atoms with Gasteiger partial charge in [0.25, 0.3) is 0 Å². The van der Waals surface area contributed by atoms with Crippen LogP contribution in [0.4, 0.5) is 0 Å². The van der Waals surface area contributed by atoms with Crippen molar-refractivity contribution >= 4 is 0 Å². The Morgan fingerprint density at radius 2 is 2.38 bits per heavy atom. The van der Waals surface area contributed by atoms with E-state index >= 15 is 0 Å². The van der Waals surface area contributed by atoms with E-state index in [0.717, 1.165) is 32.6 Å². The van der Waals surface area contributed by atoms with E-state index in [1.807, 2.05) is 0 Å². The molecule has 1 saturated heterocycles. The molecular formula is C6H13NO. The van der Waals surface area contributed by atoms with E-state index in [0.29, 0.717) is 5.92 Å². The summed E-state index contributed by atoms with van der Waals surface area (Å²) < 4.78 is 11.9. The summed E-state index contributed by atoms with van der Waals surface area (Å²) in [6.45, 7) is 2.59. The average Bonchev–Trinajstić information content (AvgIpc) is 1.91. The Bertz CT molecular complexity index is 70.7. The molecule has 0 amide bonds. The predicted octanol–water partition coefficient (Wildman–Crippen LogP) is 0.372. The van der Waals surface area contributed by atoms with Gasteiger partial charge in [0.1, 0.15) is 1.41 Å². The normalized spacial score (nSPS) is 25.2. The molecule has 0 atom stereocenters.